The average Bonchev–Trinajstić information content (AvgIpc) is 3.85. The van der Waals surface area contributed by atoms with Crippen LogP contribution in [0.1, 0.15) is 13.8 Å². The Morgan fingerprint density at radius 3 is 1.34 bits per heavy atom. The van der Waals surface area contributed by atoms with Gasteiger partial charge in [-0.1, -0.05) is 120 Å². The van der Waals surface area contributed by atoms with Crippen molar-refractivity contribution >= 4 is 21.8 Å². The van der Waals surface area contributed by atoms with Crippen molar-refractivity contribution in [2.45, 2.75) is 19.5 Å². The molecule has 0 radical (unpaired) electrons. The fourth-order valence-electron chi connectivity index (χ4n) is 5.92. The molecule has 7 heteroatoms. The predicted octanol–water partition coefficient (Wildman–Crippen LogP) is 8.14. The Hall–Kier alpha value is -4.93. The van der Waals surface area contributed by atoms with E-state index < -0.39 is 5.66 Å². The zero-order chi connectivity index (χ0) is 29.0. The number of nitrogens with zero attached hydrogens (tertiary/aromatic N) is 6. The van der Waals surface area contributed by atoms with Crippen molar-refractivity contribution in [2.24, 2.45) is 0 Å². The van der Waals surface area contributed by atoms with Crippen LogP contribution in [0.25, 0.3) is 56.0 Å². The van der Waals surface area contributed by atoms with Gasteiger partial charge in [0.05, 0.1) is 23.0 Å². The maximum absolute atomic E-state index is 5.26. The first kappa shape index (κ1) is 27.9. The van der Waals surface area contributed by atoms with Crippen molar-refractivity contribution in [3.63, 3.8) is 0 Å². The van der Waals surface area contributed by atoms with Crippen molar-refractivity contribution in [1.82, 2.24) is 28.7 Å². The minimum atomic E-state index is -0.710. The Morgan fingerprint density at radius 1 is 0.523 bits per heavy atom. The minimum absolute atomic E-state index is 0. The second-order valence-electron chi connectivity index (χ2n) is 11.2. The molecule has 0 spiro atoms. The van der Waals surface area contributed by atoms with Crippen LogP contribution >= 0.6 is 0 Å². The van der Waals surface area contributed by atoms with E-state index in [1.54, 1.807) is 0 Å². The Morgan fingerprint density at radius 2 is 0.909 bits per heavy atom. The van der Waals surface area contributed by atoms with Gasteiger partial charge in [0, 0.05) is 0 Å². The Bertz CT molecular complexity index is 2060. The summed E-state index contributed by atoms with van der Waals surface area (Å²) in [4.78, 5) is 0. The third kappa shape index (κ3) is 4.54. The molecular formula is C37H28N6Pt. The van der Waals surface area contributed by atoms with E-state index in [1.807, 2.05) is 57.7 Å². The molecular weight excluding hydrogens is 724 g/mol. The molecule has 8 aromatic rings. The molecule has 0 atom stereocenters. The van der Waals surface area contributed by atoms with E-state index in [9.17, 15) is 0 Å². The molecule has 0 aliphatic carbocycles. The first-order chi connectivity index (χ1) is 21.1. The SMILES string of the molecule is CC(C)(n1nc(-n2[c-]cc3ccccc32)cc1-c1ccccc1)n1nc(-n2[c-]cc3ccccc32)cc1-c1ccccc1.[Pt+2]. The van der Waals surface area contributed by atoms with Crippen LogP contribution in [0.4, 0.5) is 0 Å². The number of hydrogen-bond donors (Lipinski definition) is 0. The van der Waals surface area contributed by atoms with Crippen LogP contribution in [0.5, 0.6) is 0 Å². The van der Waals surface area contributed by atoms with Crippen LogP contribution in [0.2, 0.25) is 0 Å². The van der Waals surface area contributed by atoms with E-state index in [4.69, 9.17) is 10.2 Å². The van der Waals surface area contributed by atoms with Gasteiger partial charge < -0.3 is 9.13 Å². The summed E-state index contributed by atoms with van der Waals surface area (Å²) in [6.07, 6.45) is 6.80. The summed E-state index contributed by atoms with van der Waals surface area (Å²) in [6.45, 7) is 4.32. The summed E-state index contributed by atoms with van der Waals surface area (Å²) in [5, 5.41) is 12.8. The molecule has 4 aromatic heterocycles. The van der Waals surface area contributed by atoms with Gasteiger partial charge >= 0.3 is 21.1 Å². The summed E-state index contributed by atoms with van der Waals surface area (Å²) >= 11 is 0. The minimum Gasteiger partial charge on any atom is -0.427 e. The zero-order valence-corrected chi connectivity index (χ0v) is 26.5. The van der Waals surface area contributed by atoms with Crippen molar-refractivity contribution < 1.29 is 21.1 Å². The normalized spacial score (nSPS) is 11.7. The summed E-state index contributed by atoms with van der Waals surface area (Å²) in [6, 6.07) is 45.7. The third-order valence-corrected chi connectivity index (χ3v) is 8.08. The van der Waals surface area contributed by atoms with Gasteiger partial charge in [-0.05, 0) is 37.1 Å². The summed E-state index contributed by atoms with van der Waals surface area (Å²) in [5.74, 6) is 1.60. The number of para-hydroxylation sites is 2. The van der Waals surface area contributed by atoms with Gasteiger partial charge in [-0.25, -0.2) is 19.6 Å². The summed E-state index contributed by atoms with van der Waals surface area (Å²) < 4.78 is 8.23. The molecule has 0 aliphatic rings. The third-order valence-electron chi connectivity index (χ3n) is 8.08. The molecule has 0 unspecified atom stereocenters. The molecule has 0 saturated carbocycles. The number of rotatable bonds is 6. The van der Waals surface area contributed by atoms with Crippen molar-refractivity contribution in [1.29, 1.82) is 0 Å². The Kier molecular flexibility index (Phi) is 6.95. The molecule has 0 fully saturated rings. The fraction of sp³-hybridized carbons (Fsp3) is 0.0811. The van der Waals surface area contributed by atoms with Gasteiger partial charge in [0.15, 0.2) is 0 Å². The van der Waals surface area contributed by atoms with Crippen LogP contribution in [-0.4, -0.2) is 28.7 Å². The van der Waals surface area contributed by atoms with Gasteiger partial charge in [-0.15, -0.1) is 35.0 Å². The molecule has 6 nitrogen and oxygen atoms in total. The van der Waals surface area contributed by atoms with Crippen molar-refractivity contribution in [3.8, 4) is 34.2 Å². The molecule has 0 saturated heterocycles. The second-order valence-corrected chi connectivity index (χ2v) is 11.2. The van der Waals surface area contributed by atoms with Crippen LogP contribution in [-0.2, 0) is 26.7 Å². The summed E-state index contributed by atoms with van der Waals surface area (Å²) in [7, 11) is 0. The van der Waals surface area contributed by atoms with E-state index in [-0.39, 0.29) is 21.1 Å². The van der Waals surface area contributed by atoms with Gasteiger partial charge in [0.25, 0.3) is 0 Å². The van der Waals surface area contributed by atoms with E-state index in [0.717, 1.165) is 56.0 Å². The average molecular weight is 752 g/mol. The molecule has 44 heavy (non-hydrogen) atoms. The standard InChI is InChI=1S/C37H28N6.Pt/c1-37(2,42-33(27-13-5-3-6-14-27)25-35(38-42)40-23-21-29-17-9-11-19-31(29)40)43-34(28-15-7-4-8-16-28)26-36(39-43)41-24-22-30-18-10-12-20-32(30)41;/h3-22,25-26H,1-2H3;/q-2;+2. The number of aromatic nitrogens is 6. The van der Waals surface area contributed by atoms with Gasteiger partial charge in [0.2, 0.25) is 0 Å². The zero-order valence-electron chi connectivity index (χ0n) is 24.2. The predicted molar refractivity (Wildman–Crippen MR) is 171 cm³/mol. The van der Waals surface area contributed by atoms with Crippen LogP contribution in [0.3, 0.4) is 0 Å². The van der Waals surface area contributed by atoms with Gasteiger partial charge in [-0.2, -0.15) is 0 Å². The van der Waals surface area contributed by atoms with Gasteiger partial charge in [-0.3, -0.25) is 0 Å². The number of hydrogen-bond acceptors (Lipinski definition) is 2. The van der Waals surface area contributed by atoms with E-state index >= 15 is 0 Å². The maximum atomic E-state index is 5.26. The van der Waals surface area contributed by atoms with Crippen molar-refractivity contribution in [2.75, 3.05) is 0 Å². The molecule has 4 aromatic carbocycles. The van der Waals surface area contributed by atoms with E-state index in [2.05, 4.69) is 121 Å². The second kappa shape index (κ2) is 11.0. The van der Waals surface area contributed by atoms with Crippen LogP contribution in [0.15, 0.2) is 133 Å². The maximum Gasteiger partial charge on any atom is 2.00 e. The summed E-state index contributed by atoms with van der Waals surface area (Å²) in [5.41, 5.74) is 5.53. The van der Waals surface area contributed by atoms with E-state index in [1.165, 1.54) is 0 Å². The molecule has 0 amide bonds. The molecule has 8 rings (SSSR count). The molecule has 4 heterocycles. The Balaban J connectivity index is 0.00000312. The Labute approximate surface area is 270 Å². The van der Waals surface area contributed by atoms with Crippen molar-refractivity contribution in [3.05, 3.63) is 146 Å². The quantitative estimate of drug-likeness (QED) is 0.161. The topological polar surface area (TPSA) is 45.5 Å². The smallest absolute Gasteiger partial charge is 0.427 e. The molecule has 0 N–H and O–H groups in total. The number of fused-ring (bicyclic) bond motifs is 2. The van der Waals surface area contributed by atoms with Gasteiger partial charge in [0.1, 0.15) is 5.66 Å². The van der Waals surface area contributed by atoms with Crippen LogP contribution in [0, 0.1) is 12.4 Å². The van der Waals surface area contributed by atoms with E-state index in [0.29, 0.717) is 0 Å². The fourth-order valence-corrected chi connectivity index (χ4v) is 5.92. The largest absolute Gasteiger partial charge is 2.00 e. The first-order valence-corrected chi connectivity index (χ1v) is 14.4. The molecule has 216 valence electrons. The molecule has 0 aliphatic heterocycles. The first-order valence-electron chi connectivity index (χ1n) is 14.4. The monoisotopic (exact) mass is 751 g/mol. The van der Waals surface area contributed by atoms with Crippen LogP contribution < -0.4 is 0 Å². The molecule has 0 bridgehead atoms. The number of benzene rings is 4.